The van der Waals surface area contributed by atoms with Crippen molar-refractivity contribution in [3.8, 4) is 0 Å². The van der Waals surface area contributed by atoms with Crippen molar-refractivity contribution in [2.45, 2.75) is 26.3 Å². The number of anilines is 1. The van der Waals surface area contributed by atoms with Crippen molar-refractivity contribution in [2.75, 3.05) is 5.73 Å². The van der Waals surface area contributed by atoms with E-state index >= 15 is 0 Å². The van der Waals surface area contributed by atoms with Gasteiger partial charge in [-0.3, -0.25) is 0 Å². The van der Waals surface area contributed by atoms with E-state index in [1.54, 1.807) is 0 Å². The maximum absolute atomic E-state index is 5.95. The minimum Gasteiger partial charge on any atom is -0.397 e. The molecule has 1 heterocycles. The second-order valence-corrected chi connectivity index (χ2v) is 4.64. The van der Waals surface area contributed by atoms with Gasteiger partial charge in [0.05, 0.1) is 11.2 Å². The van der Waals surface area contributed by atoms with E-state index in [2.05, 4.69) is 37.5 Å². The highest BCUT2D eigenvalue weighted by Crippen LogP contribution is 2.28. The Morgan fingerprint density at radius 3 is 2.43 bits per heavy atom. The summed E-state index contributed by atoms with van der Waals surface area (Å²) < 4.78 is 2.22. The molecule has 2 heteroatoms. The monoisotopic (exact) mass is 188 g/mol. The summed E-state index contributed by atoms with van der Waals surface area (Å²) in [6.07, 6.45) is 2.02. The van der Waals surface area contributed by atoms with E-state index in [4.69, 9.17) is 5.73 Å². The van der Waals surface area contributed by atoms with Crippen molar-refractivity contribution in [3.63, 3.8) is 0 Å². The molecule has 1 aromatic heterocycles. The fourth-order valence-corrected chi connectivity index (χ4v) is 1.76. The number of rotatable bonds is 0. The Kier molecular flexibility index (Phi) is 1.81. The molecule has 0 radical (unpaired) electrons. The average Bonchev–Trinajstić information content (AvgIpc) is 2.44. The smallest absolute Gasteiger partial charge is 0.0574 e. The van der Waals surface area contributed by atoms with Crippen molar-refractivity contribution in [1.29, 1.82) is 0 Å². The molecule has 2 rings (SSSR count). The average molecular weight is 188 g/mol. The van der Waals surface area contributed by atoms with Crippen LogP contribution >= 0.6 is 0 Å². The van der Waals surface area contributed by atoms with Crippen LogP contribution in [0.25, 0.3) is 10.9 Å². The zero-order valence-corrected chi connectivity index (χ0v) is 8.91. The number of hydrogen-bond donors (Lipinski definition) is 1. The summed E-state index contributed by atoms with van der Waals surface area (Å²) in [5, 5.41) is 1.14. The molecule has 0 aliphatic rings. The van der Waals surface area contributed by atoms with E-state index in [-0.39, 0.29) is 5.54 Å². The standard InChI is InChI=1S/C12H16N2/c1-12(2,3)14-8-10(13)9-6-4-5-7-11(9)14/h4-8H,13H2,1-3H3. The van der Waals surface area contributed by atoms with Gasteiger partial charge in [0, 0.05) is 17.1 Å². The molecule has 2 N–H and O–H groups in total. The van der Waals surface area contributed by atoms with Crippen LogP contribution in [-0.2, 0) is 5.54 Å². The van der Waals surface area contributed by atoms with E-state index in [1.807, 2.05) is 18.3 Å². The number of benzene rings is 1. The van der Waals surface area contributed by atoms with E-state index in [1.165, 1.54) is 5.52 Å². The van der Waals surface area contributed by atoms with E-state index in [0.717, 1.165) is 11.1 Å². The lowest BCUT2D eigenvalue weighted by atomic mass is 10.1. The first-order chi connectivity index (χ1) is 6.50. The quantitative estimate of drug-likeness (QED) is 0.677. The van der Waals surface area contributed by atoms with E-state index in [9.17, 15) is 0 Å². The number of nitrogens with zero attached hydrogens (tertiary/aromatic N) is 1. The first kappa shape index (κ1) is 9.13. The maximum atomic E-state index is 5.95. The molecule has 0 aliphatic heterocycles. The lowest BCUT2D eigenvalue weighted by Crippen LogP contribution is -2.20. The zero-order valence-electron chi connectivity index (χ0n) is 8.91. The molecule has 0 bridgehead atoms. The Labute approximate surface area is 84.3 Å². The third kappa shape index (κ3) is 1.27. The van der Waals surface area contributed by atoms with Crippen LogP contribution in [0.1, 0.15) is 20.8 Å². The highest BCUT2D eigenvalue weighted by atomic mass is 15.0. The first-order valence-corrected chi connectivity index (χ1v) is 4.86. The molecule has 0 amide bonds. The summed E-state index contributed by atoms with van der Waals surface area (Å²) in [7, 11) is 0. The molecule has 0 unspecified atom stereocenters. The van der Waals surface area contributed by atoms with Gasteiger partial charge in [0.15, 0.2) is 0 Å². The van der Waals surface area contributed by atoms with Crippen molar-refractivity contribution in [1.82, 2.24) is 4.57 Å². The Bertz CT molecular complexity index is 461. The van der Waals surface area contributed by atoms with Gasteiger partial charge in [0.1, 0.15) is 0 Å². The van der Waals surface area contributed by atoms with Gasteiger partial charge >= 0.3 is 0 Å². The Morgan fingerprint density at radius 1 is 1.14 bits per heavy atom. The van der Waals surface area contributed by atoms with Gasteiger partial charge in [0.25, 0.3) is 0 Å². The number of nitrogens with two attached hydrogens (primary N) is 1. The predicted molar refractivity (Wildman–Crippen MR) is 61.3 cm³/mol. The molecule has 2 aromatic rings. The molecule has 0 fully saturated rings. The van der Waals surface area contributed by atoms with Gasteiger partial charge in [-0.05, 0) is 26.8 Å². The second-order valence-electron chi connectivity index (χ2n) is 4.64. The fourth-order valence-electron chi connectivity index (χ4n) is 1.76. The number of fused-ring (bicyclic) bond motifs is 1. The minimum atomic E-state index is 0.0806. The Balaban J connectivity index is 2.80. The highest BCUT2D eigenvalue weighted by Gasteiger charge is 2.16. The van der Waals surface area contributed by atoms with Gasteiger partial charge in [-0.2, -0.15) is 0 Å². The third-order valence-electron chi connectivity index (χ3n) is 2.47. The molecule has 0 saturated heterocycles. The van der Waals surface area contributed by atoms with Crippen molar-refractivity contribution < 1.29 is 0 Å². The summed E-state index contributed by atoms with van der Waals surface area (Å²) in [5.41, 5.74) is 8.10. The van der Waals surface area contributed by atoms with Crippen molar-refractivity contribution >= 4 is 16.6 Å². The predicted octanol–water partition coefficient (Wildman–Crippen LogP) is 2.98. The summed E-state index contributed by atoms with van der Waals surface area (Å²) in [6.45, 7) is 6.54. The third-order valence-corrected chi connectivity index (χ3v) is 2.47. The normalized spacial score (nSPS) is 12.2. The minimum absolute atomic E-state index is 0.0806. The molecule has 14 heavy (non-hydrogen) atoms. The van der Waals surface area contributed by atoms with Crippen LogP contribution in [0.2, 0.25) is 0 Å². The van der Waals surface area contributed by atoms with Gasteiger partial charge in [-0.15, -0.1) is 0 Å². The SMILES string of the molecule is CC(C)(C)n1cc(N)c2ccccc21. The molecule has 0 saturated carbocycles. The molecule has 74 valence electrons. The lowest BCUT2D eigenvalue weighted by molar-refractivity contribution is 0.411. The molecule has 0 atom stereocenters. The molecule has 0 aliphatic carbocycles. The van der Waals surface area contributed by atoms with Crippen LogP contribution in [0.5, 0.6) is 0 Å². The molecule has 0 spiro atoms. The van der Waals surface area contributed by atoms with Gasteiger partial charge < -0.3 is 10.3 Å². The number of para-hydroxylation sites is 1. The van der Waals surface area contributed by atoms with Crippen molar-refractivity contribution in [3.05, 3.63) is 30.5 Å². The summed E-state index contributed by atoms with van der Waals surface area (Å²) >= 11 is 0. The summed E-state index contributed by atoms with van der Waals surface area (Å²) in [6, 6.07) is 8.24. The summed E-state index contributed by atoms with van der Waals surface area (Å²) in [5.74, 6) is 0. The molecule has 1 aromatic carbocycles. The largest absolute Gasteiger partial charge is 0.397 e. The van der Waals surface area contributed by atoms with Crippen LogP contribution in [0.15, 0.2) is 30.5 Å². The topological polar surface area (TPSA) is 30.9 Å². The Hall–Kier alpha value is -1.44. The molecular formula is C12H16N2. The van der Waals surface area contributed by atoms with Crippen LogP contribution in [0.4, 0.5) is 5.69 Å². The molecule has 2 nitrogen and oxygen atoms in total. The van der Waals surface area contributed by atoms with Crippen LogP contribution < -0.4 is 5.73 Å². The maximum Gasteiger partial charge on any atom is 0.0574 e. The highest BCUT2D eigenvalue weighted by molar-refractivity contribution is 5.91. The first-order valence-electron chi connectivity index (χ1n) is 4.86. The van der Waals surface area contributed by atoms with E-state index < -0.39 is 0 Å². The second kappa shape index (κ2) is 2.77. The van der Waals surface area contributed by atoms with Crippen LogP contribution in [-0.4, -0.2) is 4.57 Å². The van der Waals surface area contributed by atoms with Gasteiger partial charge in [-0.1, -0.05) is 18.2 Å². The van der Waals surface area contributed by atoms with Gasteiger partial charge in [0.2, 0.25) is 0 Å². The van der Waals surface area contributed by atoms with E-state index in [0.29, 0.717) is 0 Å². The fraction of sp³-hybridized carbons (Fsp3) is 0.333. The number of nitrogen functional groups attached to an aromatic ring is 1. The summed E-state index contributed by atoms with van der Waals surface area (Å²) in [4.78, 5) is 0. The van der Waals surface area contributed by atoms with Crippen LogP contribution in [0.3, 0.4) is 0 Å². The lowest BCUT2D eigenvalue weighted by Gasteiger charge is -2.22. The number of hydrogen-bond acceptors (Lipinski definition) is 1. The van der Waals surface area contributed by atoms with Crippen LogP contribution in [0, 0.1) is 0 Å². The van der Waals surface area contributed by atoms with Gasteiger partial charge in [-0.25, -0.2) is 0 Å². The van der Waals surface area contributed by atoms with Crippen molar-refractivity contribution in [2.24, 2.45) is 0 Å². The zero-order chi connectivity index (χ0) is 10.3. The number of aromatic nitrogens is 1. The molecular weight excluding hydrogens is 172 g/mol. The Morgan fingerprint density at radius 2 is 1.79 bits per heavy atom.